The van der Waals surface area contributed by atoms with Gasteiger partial charge in [0.15, 0.2) is 11.6 Å². The smallest absolute Gasteiger partial charge is 0.332 e. The largest absolute Gasteiger partial charge is 0.454 e. The minimum Gasteiger partial charge on any atom is -0.454 e. The van der Waals surface area contributed by atoms with Crippen molar-refractivity contribution in [1.29, 1.82) is 0 Å². The van der Waals surface area contributed by atoms with Crippen molar-refractivity contribution in [1.82, 2.24) is 24.2 Å². The number of sulfonamides is 1. The summed E-state index contributed by atoms with van der Waals surface area (Å²) in [5, 5.41) is 5.44. The lowest BCUT2D eigenvalue weighted by molar-refractivity contribution is -0.132. The Morgan fingerprint density at radius 3 is 2.38 bits per heavy atom. The molecule has 4 amide bonds. The van der Waals surface area contributed by atoms with Crippen molar-refractivity contribution in [2.24, 2.45) is 5.92 Å². The lowest BCUT2D eigenvalue weighted by Crippen LogP contribution is -2.61. The number of urea groups is 1. The number of ether oxygens (including phenoxy) is 1. The van der Waals surface area contributed by atoms with E-state index < -0.39 is 45.4 Å². The van der Waals surface area contributed by atoms with Gasteiger partial charge in [0.05, 0.1) is 6.20 Å². The number of benzene rings is 1. The van der Waals surface area contributed by atoms with Crippen LogP contribution in [0.2, 0.25) is 0 Å². The summed E-state index contributed by atoms with van der Waals surface area (Å²) >= 11 is 0. The number of amides is 4. The molecule has 0 saturated carbocycles. The van der Waals surface area contributed by atoms with Crippen molar-refractivity contribution in [3.05, 3.63) is 84.8 Å². The van der Waals surface area contributed by atoms with Crippen molar-refractivity contribution >= 4 is 51.0 Å². The Morgan fingerprint density at radius 2 is 1.75 bits per heavy atom. The van der Waals surface area contributed by atoms with Crippen LogP contribution in [-0.4, -0.2) is 77.1 Å². The van der Waals surface area contributed by atoms with Crippen molar-refractivity contribution in [3.8, 4) is 11.5 Å². The third-order valence-corrected chi connectivity index (χ3v) is 8.94. The number of imide groups is 1. The lowest BCUT2D eigenvalue weighted by Gasteiger charge is -2.39. The number of carbonyl (C=O) groups is 3. The molecule has 1 aliphatic heterocycles. The van der Waals surface area contributed by atoms with Gasteiger partial charge in [-0.2, -0.15) is 0 Å². The number of pyridine rings is 3. The summed E-state index contributed by atoms with van der Waals surface area (Å²) in [4.78, 5) is 53.8. The second kappa shape index (κ2) is 13.7. The SMILES string of the molecule is CC(C)N1CC(C(=O)Nc2ccc(Oc3ccnc(Nc4ccc(S(=O)(=O)N(C)C)cn4)c3)c(F)c2)C(=O)N(c2ccc(F)cn2)C1=O. The Kier molecular flexibility index (Phi) is 9.62. The van der Waals surface area contributed by atoms with Crippen LogP contribution in [0.4, 0.5) is 36.7 Å². The molecule has 2 N–H and O–H groups in total. The Labute approximate surface area is 274 Å². The number of nitrogens with one attached hydrogen (secondary N) is 2. The Balaban J connectivity index is 1.27. The number of halogens is 2. The average molecular weight is 681 g/mol. The van der Waals surface area contributed by atoms with Crippen LogP contribution in [0, 0.1) is 17.6 Å². The number of rotatable bonds is 10. The molecule has 0 bridgehead atoms. The topological polar surface area (TPSA) is 167 Å². The first kappa shape index (κ1) is 33.8. The van der Waals surface area contributed by atoms with Gasteiger partial charge in [-0.15, -0.1) is 0 Å². The predicted octanol–water partition coefficient (Wildman–Crippen LogP) is 4.37. The number of hydrogen-bond donors (Lipinski definition) is 2. The third-order valence-electron chi connectivity index (χ3n) is 7.15. The quantitative estimate of drug-likeness (QED) is 0.230. The summed E-state index contributed by atoms with van der Waals surface area (Å²) in [5.74, 6) is -4.03. The van der Waals surface area contributed by atoms with Crippen molar-refractivity contribution < 1.29 is 36.3 Å². The van der Waals surface area contributed by atoms with Crippen LogP contribution in [0.5, 0.6) is 11.5 Å². The monoisotopic (exact) mass is 680 g/mol. The highest BCUT2D eigenvalue weighted by atomic mass is 32.2. The van der Waals surface area contributed by atoms with Crippen molar-refractivity contribution in [2.45, 2.75) is 24.8 Å². The maximum absolute atomic E-state index is 15.1. The van der Waals surface area contributed by atoms with E-state index >= 15 is 4.39 Å². The van der Waals surface area contributed by atoms with Gasteiger partial charge in [0.25, 0.3) is 5.91 Å². The van der Waals surface area contributed by atoms with E-state index in [1.54, 1.807) is 13.8 Å². The number of nitrogens with zero attached hydrogens (tertiary/aromatic N) is 6. The number of hydrogen-bond acceptors (Lipinski definition) is 10. The molecule has 1 unspecified atom stereocenters. The standard InChI is InChI=1S/C31H30F2N8O6S/c1-18(2)40-17-23(30(43)41(31(40)44)28-10-5-19(32)15-36-28)29(42)37-20-6-8-25(24(33)13-20)47-21-11-12-34-27(14-21)38-26-9-7-22(16-35-26)48(45,46)39(3)4/h5-16,18,23H,17H2,1-4H3,(H,37,42)(H,34,35,38). The molecule has 0 spiro atoms. The van der Waals surface area contributed by atoms with E-state index in [2.05, 4.69) is 25.6 Å². The zero-order chi connectivity index (χ0) is 34.7. The summed E-state index contributed by atoms with van der Waals surface area (Å²) in [7, 11) is -0.820. The van der Waals surface area contributed by atoms with Crippen molar-refractivity contribution in [2.75, 3.05) is 36.2 Å². The highest BCUT2D eigenvalue weighted by molar-refractivity contribution is 7.89. The van der Waals surface area contributed by atoms with Gasteiger partial charge in [-0.1, -0.05) is 0 Å². The summed E-state index contributed by atoms with van der Waals surface area (Å²) in [5.41, 5.74) is 0.0278. The van der Waals surface area contributed by atoms with Crippen LogP contribution in [0.25, 0.3) is 0 Å². The first-order valence-corrected chi connectivity index (χ1v) is 15.8. The van der Waals surface area contributed by atoms with Gasteiger partial charge in [0, 0.05) is 56.9 Å². The van der Waals surface area contributed by atoms with Gasteiger partial charge >= 0.3 is 6.03 Å². The second-order valence-corrected chi connectivity index (χ2v) is 13.1. The molecule has 48 heavy (non-hydrogen) atoms. The first-order chi connectivity index (χ1) is 22.7. The van der Waals surface area contributed by atoms with Crippen molar-refractivity contribution in [3.63, 3.8) is 0 Å². The van der Waals surface area contributed by atoms with E-state index in [4.69, 9.17) is 4.74 Å². The van der Waals surface area contributed by atoms with E-state index in [0.717, 1.165) is 33.6 Å². The molecule has 0 radical (unpaired) electrons. The Bertz CT molecular complexity index is 1960. The Morgan fingerprint density at radius 1 is 0.979 bits per heavy atom. The number of aromatic nitrogens is 3. The van der Waals surface area contributed by atoms with Gasteiger partial charge in [0.1, 0.15) is 39.8 Å². The van der Waals surface area contributed by atoms with E-state index in [9.17, 15) is 27.2 Å². The lowest BCUT2D eigenvalue weighted by atomic mass is 10.0. The molecule has 3 aromatic heterocycles. The van der Waals surface area contributed by atoms with Crippen LogP contribution in [0.1, 0.15) is 13.8 Å². The third kappa shape index (κ3) is 7.21. The fraction of sp³-hybridized carbons (Fsp3) is 0.226. The van der Waals surface area contributed by atoms with Gasteiger partial charge in [-0.25, -0.2) is 46.2 Å². The molecule has 1 aromatic carbocycles. The molecule has 0 aliphatic carbocycles. The van der Waals surface area contributed by atoms with Crippen LogP contribution < -0.4 is 20.3 Å². The zero-order valence-electron chi connectivity index (χ0n) is 26.1. The normalized spacial score (nSPS) is 15.2. The first-order valence-electron chi connectivity index (χ1n) is 14.4. The molecular weight excluding hydrogens is 650 g/mol. The molecule has 1 atom stereocenters. The summed E-state index contributed by atoms with van der Waals surface area (Å²) in [6.07, 6.45) is 3.47. The fourth-order valence-corrected chi connectivity index (χ4v) is 5.43. The van der Waals surface area contributed by atoms with Crippen LogP contribution in [0.15, 0.2) is 78.1 Å². The van der Waals surface area contributed by atoms with Crippen LogP contribution in [-0.2, 0) is 19.6 Å². The van der Waals surface area contributed by atoms with Gasteiger partial charge in [0.2, 0.25) is 15.9 Å². The molecule has 1 fully saturated rings. The van der Waals surface area contributed by atoms with Crippen LogP contribution >= 0.6 is 0 Å². The fourth-order valence-electron chi connectivity index (χ4n) is 4.58. The summed E-state index contributed by atoms with van der Waals surface area (Å²) in [6, 6.07) is 10.6. The summed E-state index contributed by atoms with van der Waals surface area (Å²) in [6.45, 7) is 3.20. The molecule has 250 valence electrons. The minimum atomic E-state index is -3.65. The average Bonchev–Trinajstić information content (AvgIpc) is 3.03. The maximum Gasteiger partial charge on any atom is 0.332 e. The summed E-state index contributed by atoms with van der Waals surface area (Å²) < 4.78 is 59.9. The van der Waals surface area contributed by atoms with E-state index in [1.165, 1.54) is 67.8 Å². The predicted molar refractivity (Wildman–Crippen MR) is 170 cm³/mol. The number of anilines is 4. The van der Waals surface area contributed by atoms with Gasteiger partial charge < -0.3 is 20.3 Å². The molecule has 17 heteroatoms. The molecule has 1 saturated heterocycles. The molecule has 14 nitrogen and oxygen atoms in total. The number of carbonyl (C=O) groups excluding carboxylic acids is 3. The highest BCUT2D eigenvalue weighted by Gasteiger charge is 2.45. The molecule has 5 rings (SSSR count). The minimum absolute atomic E-state index is 0.0143. The molecule has 4 heterocycles. The highest BCUT2D eigenvalue weighted by Crippen LogP contribution is 2.30. The van der Waals surface area contributed by atoms with Gasteiger partial charge in [-0.3, -0.25) is 9.59 Å². The zero-order valence-corrected chi connectivity index (χ0v) is 26.9. The van der Waals surface area contributed by atoms with E-state index in [0.29, 0.717) is 5.82 Å². The molecular formula is C31H30F2N8O6S. The molecule has 4 aromatic rings. The Hall–Kier alpha value is -5.55. The second-order valence-electron chi connectivity index (χ2n) is 11.0. The van der Waals surface area contributed by atoms with Gasteiger partial charge in [-0.05, 0) is 56.3 Å². The van der Waals surface area contributed by atoms with Crippen LogP contribution in [0.3, 0.4) is 0 Å². The van der Waals surface area contributed by atoms with E-state index in [-0.39, 0.29) is 46.3 Å². The molecule has 1 aliphatic rings. The maximum atomic E-state index is 15.1. The van der Waals surface area contributed by atoms with E-state index in [1.807, 2.05) is 0 Å².